The molecule has 1 N–H and O–H groups in total. The number of pyridine rings is 1. The first-order valence-electron chi connectivity index (χ1n) is 11.4. The topological polar surface area (TPSA) is 54.3 Å². The van der Waals surface area contributed by atoms with Crippen molar-refractivity contribution in [1.82, 2.24) is 4.57 Å². The molecule has 1 heterocycles. The first-order valence-corrected chi connectivity index (χ1v) is 11.4. The fourth-order valence-electron chi connectivity index (χ4n) is 4.36. The van der Waals surface area contributed by atoms with Gasteiger partial charge in [0, 0.05) is 47.7 Å². The van der Waals surface area contributed by atoms with E-state index in [4.69, 9.17) is 0 Å². The third kappa shape index (κ3) is 4.14. The molecule has 4 aromatic rings. The van der Waals surface area contributed by atoms with Crippen molar-refractivity contribution in [2.75, 3.05) is 17.3 Å². The molecule has 1 aliphatic rings. The van der Waals surface area contributed by atoms with Crippen LogP contribution in [0, 0.1) is 0 Å². The number of para-hydroxylation sites is 1. The quantitative estimate of drug-likeness (QED) is 0.407. The van der Waals surface area contributed by atoms with Gasteiger partial charge in [-0.2, -0.15) is 0 Å². The molecule has 1 saturated carbocycles. The van der Waals surface area contributed by atoms with Gasteiger partial charge in [-0.15, -0.1) is 0 Å². The third-order valence-electron chi connectivity index (χ3n) is 6.35. The molecule has 1 fully saturated rings. The van der Waals surface area contributed by atoms with E-state index in [9.17, 15) is 9.59 Å². The number of amides is 1. The molecule has 0 unspecified atom stereocenters. The van der Waals surface area contributed by atoms with Gasteiger partial charge in [0.25, 0.3) is 11.5 Å². The first kappa shape index (κ1) is 21.0. The van der Waals surface area contributed by atoms with Crippen molar-refractivity contribution in [3.05, 3.63) is 100 Å². The van der Waals surface area contributed by atoms with Crippen molar-refractivity contribution < 1.29 is 4.79 Å². The fraction of sp³-hybridized carbons (Fsp3) is 0.214. The molecule has 0 aliphatic heterocycles. The van der Waals surface area contributed by atoms with Crippen LogP contribution >= 0.6 is 0 Å². The van der Waals surface area contributed by atoms with Crippen LogP contribution in [-0.4, -0.2) is 17.5 Å². The summed E-state index contributed by atoms with van der Waals surface area (Å²) in [6.07, 6.45) is 2.24. The number of anilines is 3. The van der Waals surface area contributed by atoms with Crippen molar-refractivity contribution >= 4 is 33.9 Å². The zero-order chi connectivity index (χ0) is 22.9. The lowest BCUT2D eigenvalue weighted by Crippen LogP contribution is -2.26. The lowest BCUT2D eigenvalue weighted by molar-refractivity contribution is 0.0993. The van der Waals surface area contributed by atoms with E-state index in [2.05, 4.69) is 11.4 Å². The van der Waals surface area contributed by atoms with Gasteiger partial charge in [0.1, 0.15) is 0 Å². The fourth-order valence-corrected chi connectivity index (χ4v) is 4.36. The minimum absolute atomic E-state index is 0.0493. The van der Waals surface area contributed by atoms with Crippen molar-refractivity contribution in [2.45, 2.75) is 32.2 Å². The van der Waals surface area contributed by atoms with Gasteiger partial charge in [-0.1, -0.05) is 18.2 Å². The molecule has 166 valence electrons. The Morgan fingerprint density at radius 1 is 0.970 bits per heavy atom. The Labute approximate surface area is 193 Å². The molecular weight excluding hydrogens is 410 g/mol. The number of fused-ring (bicyclic) bond motifs is 1. The summed E-state index contributed by atoms with van der Waals surface area (Å²) < 4.78 is 1.80. The molecule has 0 bridgehead atoms. The van der Waals surface area contributed by atoms with E-state index in [-0.39, 0.29) is 11.5 Å². The lowest BCUT2D eigenvalue weighted by Gasteiger charge is -2.20. The predicted octanol–water partition coefficient (Wildman–Crippen LogP) is 5.92. The van der Waals surface area contributed by atoms with E-state index in [1.54, 1.807) is 22.6 Å². The Kier molecular flexibility index (Phi) is 5.47. The summed E-state index contributed by atoms with van der Waals surface area (Å²) in [5, 5.41) is 4.40. The number of nitrogens with one attached hydrogen (secondary N) is 1. The summed E-state index contributed by atoms with van der Waals surface area (Å²) in [4.78, 5) is 27.5. The van der Waals surface area contributed by atoms with E-state index in [1.807, 2.05) is 73.7 Å². The average molecular weight is 438 g/mol. The summed E-state index contributed by atoms with van der Waals surface area (Å²) in [5.74, 6) is 0.380. The van der Waals surface area contributed by atoms with Crippen LogP contribution in [-0.2, 0) is 6.54 Å². The molecule has 0 saturated heterocycles. The Bertz CT molecular complexity index is 1370. The van der Waals surface area contributed by atoms with Gasteiger partial charge in [-0.05, 0) is 85.8 Å². The molecule has 1 amide bonds. The second-order valence-electron chi connectivity index (χ2n) is 8.59. The van der Waals surface area contributed by atoms with E-state index >= 15 is 0 Å². The molecule has 5 rings (SSSR count). The number of benzene rings is 3. The molecule has 0 spiro atoms. The Morgan fingerprint density at radius 3 is 2.33 bits per heavy atom. The molecule has 33 heavy (non-hydrogen) atoms. The van der Waals surface area contributed by atoms with Crippen LogP contribution in [0.15, 0.2) is 83.7 Å². The molecule has 5 nitrogen and oxygen atoms in total. The van der Waals surface area contributed by atoms with Gasteiger partial charge >= 0.3 is 0 Å². The van der Waals surface area contributed by atoms with Crippen LogP contribution in [0.1, 0.15) is 41.6 Å². The predicted molar refractivity (Wildman–Crippen MR) is 135 cm³/mol. The SMILES string of the molecule is CCn1c(=O)cc(C2CC2)c2cc(N(C)C(=O)c3ccc(Nc4ccccc4)cc3)ccc21. The number of aromatic nitrogens is 1. The summed E-state index contributed by atoms with van der Waals surface area (Å²) >= 11 is 0. The van der Waals surface area contributed by atoms with E-state index < -0.39 is 0 Å². The molecule has 1 aromatic heterocycles. The number of carbonyl (C=O) groups excluding carboxylic acids is 1. The molecule has 0 radical (unpaired) electrons. The Balaban J connectivity index is 1.43. The summed E-state index contributed by atoms with van der Waals surface area (Å²) in [7, 11) is 1.80. The highest BCUT2D eigenvalue weighted by atomic mass is 16.2. The third-order valence-corrected chi connectivity index (χ3v) is 6.35. The van der Waals surface area contributed by atoms with Crippen LogP contribution in [0.3, 0.4) is 0 Å². The van der Waals surface area contributed by atoms with Crippen molar-refractivity contribution in [2.24, 2.45) is 0 Å². The maximum atomic E-state index is 13.2. The highest BCUT2D eigenvalue weighted by molar-refractivity contribution is 6.06. The minimum Gasteiger partial charge on any atom is -0.356 e. The molecular formula is C28H27N3O2. The standard InChI is InChI=1S/C28H27N3O2/c1-3-31-26-16-15-23(17-25(26)24(18-27(31)32)19-9-10-19)30(2)28(33)20-11-13-22(14-12-20)29-21-7-5-4-6-8-21/h4-8,11-19,29H,3,9-10H2,1-2H3. The molecule has 1 aliphatic carbocycles. The van der Waals surface area contributed by atoms with Gasteiger partial charge in [0.2, 0.25) is 0 Å². The number of nitrogens with zero attached hydrogens (tertiary/aromatic N) is 2. The molecule has 3 aromatic carbocycles. The summed E-state index contributed by atoms with van der Waals surface area (Å²) in [5.41, 5.74) is 5.47. The molecule has 0 atom stereocenters. The smallest absolute Gasteiger partial charge is 0.258 e. The van der Waals surface area contributed by atoms with Gasteiger partial charge in [0.15, 0.2) is 0 Å². The van der Waals surface area contributed by atoms with Crippen LogP contribution in [0.25, 0.3) is 10.9 Å². The van der Waals surface area contributed by atoms with Gasteiger partial charge in [-0.3, -0.25) is 9.59 Å². The average Bonchev–Trinajstić information content (AvgIpc) is 3.69. The summed E-state index contributed by atoms with van der Waals surface area (Å²) in [6, 6.07) is 25.2. The number of hydrogen-bond donors (Lipinski definition) is 1. The number of rotatable bonds is 6. The van der Waals surface area contributed by atoms with Crippen LogP contribution in [0.4, 0.5) is 17.1 Å². The van der Waals surface area contributed by atoms with Gasteiger partial charge in [-0.25, -0.2) is 0 Å². The maximum absolute atomic E-state index is 13.2. The Hall–Kier alpha value is -3.86. The van der Waals surface area contributed by atoms with Crippen molar-refractivity contribution in [3.8, 4) is 0 Å². The largest absolute Gasteiger partial charge is 0.356 e. The van der Waals surface area contributed by atoms with E-state index in [0.717, 1.165) is 46.4 Å². The monoisotopic (exact) mass is 437 g/mol. The first-order chi connectivity index (χ1) is 16.0. The van der Waals surface area contributed by atoms with Crippen LogP contribution in [0.2, 0.25) is 0 Å². The number of carbonyl (C=O) groups is 1. The van der Waals surface area contributed by atoms with Gasteiger partial charge < -0.3 is 14.8 Å². The minimum atomic E-state index is -0.0719. The highest BCUT2D eigenvalue weighted by Gasteiger charge is 2.27. The highest BCUT2D eigenvalue weighted by Crippen LogP contribution is 2.43. The number of hydrogen-bond acceptors (Lipinski definition) is 3. The summed E-state index contributed by atoms with van der Waals surface area (Å²) in [6.45, 7) is 2.61. The Morgan fingerprint density at radius 2 is 1.67 bits per heavy atom. The zero-order valence-electron chi connectivity index (χ0n) is 18.9. The van der Waals surface area contributed by atoms with Crippen LogP contribution < -0.4 is 15.8 Å². The van der Waals surface area contributed by atoms with E-state index in [0.29, 0.717) is 18.0 Å². The van der Waals surface area contributed by atoms with Crippen molar-refractivity contribution in [3.63, 3.8) is 0 Å². The second kappa shape index (κ2) is 8.58. The van der Waals surface area contributed by atoms with Crippen molar-refractivity contribution in [1.29, 1.82) is 0 Å². The normalized spacial score (nSPS) is 13.2. The van der Waals surface area contributed by atoms with Crippen LogP contribution in [0.5, 0.6) is 0 Å². The van der Waals surface area contributed by atoms with E-state index in [1.165, 1.54) is 0 Å². The zero-order valence-corrected chi connectivity index (χ0v) is 18.9. The van der Waals surface area contributed by atoms with Gasteiger partial charge in [0.05, 0.1) is 5.52 Å². The number of aryl methyl sites for hydroxylation is 1. The maximum Gasteiger partial charge on any atom is 0.258 e. The molecule has 5 heteroatoms. The lowest BCUT2D eigenvalue weighted by atomic mass is 10.0. The second-order valence-corrected chi connectivity index (χ2v) is 8.59.